The van der Waals surface area contributed by atoms with Gasteiger partial charge in [0.1, 0.15) is 0 Å². The lowest BCUT2D eigenvalue weighted by Gasteiger charge is -2.14. The Kier molecular flexibility index (Phi) is 3.94. The Morgan fingerprint density at radius 3 is 1.93 bits per heavy atom. The van der Waals surface area contributed by atoms with Crippen LogP contribution in [-0.4, -0.2) is 13.7 Å². The van der Waals surface area contributed by atoms with Crippen LogP contribution in [0.3, 0.4) is 0 Å². The van der Waals surface area contributed by atoms with Crippen molar-refractivity contribution in [3.63, 3.8) is 0 Å². The van der Waals surface area contributed by atoms with E-state index in [-0.39, 0.29) is 0 Å². The van der Waals surface area contributed by atoms with Crippen molar-refractivity contribution in [3.8, 4) is 0 Å². The topological polar surface area (TPSA) is 9.23 Å². The monoisotopic (exact) mass is 194 g/mol. The van der Waals surface area contributed by atoms with Gasteiger partial charge in [-0.15, -0.1) is 0 Å². The van der Waals surface area contributed by atoms with Gasteiger partial charge >= 0.3 is 0 Å². The lowest BCUT2D eigenvalue weighted by molar-refractivity contribution is 0.190. The molecule has 0 bridgehead atoms. The molecular weight excluding hydrogens is 172 g/mol. The third-order valence-corrected chi connectivity index (χ3v) is 3.63. The van der Waals surface area contributed by atoms with Crippen LogP contribution < -0.4 is 0 Å². The average molecular weight is 194 g/mol. The molecule has 0 aromatic rings. The Balaban J connectivity index is 2.63. The number of hydrogen-bond acceptors (Lipinski definition) is 1. The second-order valence-electron chi connectivity index (χ2n) is 4.30. The normalized spacial score (nSPS) is 18.6. The van der Waals surface area contributed by atoms with Crippen LogP contribution in [0.1, 0.15) is 40.5 Å². The number of methoxy groups -OCH3 is 1. The lowest BCUT2D eigenvalue weighted by Crippen LogP contribution is -2.02. The predicted octanol–water partition coefficient (Wildman–Crippen LogP) is 3.72. The van der Waals surface area contributed by atoms with Crippen LogP contribution in [0, 0.1) is 5.92 Å². The van der Waals surface area contributed by atoms with E-state index >= 15 is 0 Å². The number of allylic oxidation sites excluding steroid dienone is 4. The summed E-state index contributed by atoms with van der Waals surface area (Å²) in [5.74, 6) is 0.685. The summed E-state index contributed by atoms with van der Waals surface area (Å²) in [5, 5.41) is 0. The van der Waals surface area contributed by atoms with Gasteiger partial charge in [-0.2, -0.15) is 0 Å². The van der Waals surface area contributed by atoms with Crippen molar-refractivity contribution >= 4 is 0 Å². The molecule has 1 aliphatic carbocycles. The van der Waals surface area contributed by atoms with E-state index in [4.69, 9.17) is 4.74 Å². The van der Waals surface area contributed by atoms with E-state index in [1.54, 1.807) is 18.3 Å². The van der Waals surface area contributed by atoms with Crippen LogP contribution in [0.5, 0.6) is 0 Å². The van der Waals surface area contributed by atoms with Gasteiger partial charge in [0.05, 0.1) is 0 Å². The highest BCUT2D eigenvalue weighted by Gasteiger charge is 2.23. The van der Waals surface area contributed by atoms with Crippen molar-refractivity contribution in [2.45, 2.75) is 40.5 Å². The molecule has 0 saturated heterocycles. The molecule has 0 aliphatic heterocycles. The van der Waals surface area contributed by atoms with Crippen LogP contribution in [0.25, 0.3) is 0 Å². The fourth-order valence-corrected chi connectivity index (χ4v) is 2.30. The smallest absolute Gasteiger partial charge is 0.0462 e. The molecule has 1 nitrogen and oxygen atoms in total. The van der Waals surface area contributed by atoms with Crippen LogP contribution in [0.2, 0.25) is 0 Å². The lowest BCUT2D eigenvalue weighted by atomic mass is 9.92. The molecule has 0 amide bonds. The van der Waals surface area contributed by atoms with E-state index in [2.05, 4.69) is 27.7 Å². The largest absolute Gasteiger partial charge is 0.385 e. The van der Waals surface area contributed by atoms with E-state index in [9.17, 15) is 0 Å². The van der Waals surface area contributed by atoms with Gasteiger partial charge in [0.2, 0.25) is 0 Å². The fraction of sp³-hybridized carbons (Fsp3) is 0.692. The zero-order valence-electron chi connectivity index (χ0n) is 10.1. The standard InChI is InChI=1S/C13H22O/c1-9-10(2)12(4)13(11(9)3)7-6-8-14-5/h13H,6-8H2,1-5H3. The maximum atomic E-state index is 5.09. The summed E-state index contributed by atoms with van der Waals surface area (Å²) < 4.78 is 5.09. The Labute approximate surface area is 87.8 Å². The minimum Gasteiger partial charge on any atom is -0.385 e. The maximum absolute atomic E-state index is 5.09. The number of ether oxygens (including phenoxy) is 1. The summed E-state index contributed by atoms with van der Waals surface area (Å²) in [6.07, 6.45) is 2.40. The molecule has 0 aromatic heterocycles. The number of hydrogen-bond donors (Lipinski definition) is 0. The summed E-state index contributed by atoms with van der Waals surface area (Å²) in [6.45, 7) is 9.91. The Bertz CT molecular complexity index is 247. The van der Waals surface area contributed by atoms with Crippen LogP contribution in [0.4, 0.5) is 0 Å². The number of rotatable bonds is 4. The molecule has 0 spiro atoms. The summed E-state index contributed by atoms with van der Waals surface area (Å²) in [6, 6.07) is 0. The molecule has 14 heavy (non-hydrogen) atoms. The van der Waals surface area contributed by atoms with Gasteiger partial charge in [-0.25, -0.2) is 0 Å². The van der Waals surface area contributed by atoms with Crippen LogP contribution in [-0.2, 0) is 4.74 Å². The molecule has 1 rings (SSSR count). The highest BCUT2D eigenvalue weighted by molar-refractivity contribution is 5.46. The Hall–Kier alpha value is -0.560. The first-order chi connectivity index (χ1) is 6.59. The first kappa shape index (κ1) is 11.5. The van der Waals surface area contributed by atoms with E-state index in [1.807, 2.05) is 0 Å². The van der Waals surface area contributed by atoms with Crippen molar-refractivity contribution < 1.29 is 4.74 Å². The predicted molar refractivity (Wildman–Crippen MR) is 61.3 cm³/mol. The van der Waals surface area contributed by atoms with Gasteiger partial charge in [0.25, 0.3) is 0 Å². The second-order valence-corrected chi connectivity index (χ2v) is 4.30. The molecule has 0 N–H and O–H groups in total. The summed E-state index contributed by atoms with van der Waals surface area (Å²) in [4.78, 5) is 0. The zero-order chi connectivity index (χ0) is 10.7. The van der Waals surface area contributed by atoms with Gasteiger partial charge in [-0.1, -0.05) is 11.1 Å². The first-order valence-electron chi connectivity index (χ1n) is 5.43. The molecule has 0 unspecified atom stereocenters. The first-order valence-corrected chi connectivity index (χ1v) is 5.43. The molecule has 0 atom stereocenters. The molecule has 0 heterocycles. The summed E-state index contributed by atoms with van der Waals surface area (Å²) in [5.41, 5.74) is 6.14. The van der Waals surface area contributed by atoms with Crippen molar-refractivity contribution in [2.24, 2.45) is 5.92 Å². The molecule has 1 heteroatoms. The minimum absolute atomic E-state index is 0.685. The third kappa shape index (κ3) is 2.09. The molecule has 80 valence electrons. The average Bonchev–Trinajstić information content (AvgIpc) is 2.35. The van der Waals surface area contributed by atoms with E-state index in [1.165, 1.54) is 17.6 Å². The molecule has 0 saturated carbocycles. The SMILES string of the molecule is COCCCC1C(C)=C(C)C(C)=C1C. The minimum atomic E-state index is 0.685. The van der Waals surface area contributed by atoms with Crippen molar-refractivity contribution in [1.29, 1.82) is 0 Å². The van der Waals surface area contributed by atoms with Crippen molar-refractivity contribution in [3.05, 3.63) is 22.3 Å². The summed E-state index contributed by atoms with van der Waals surface area (Å²) >= 11 is 0. The van der Waals surface area contributed by atoms with Gasteiger partial charge in [-0.3, -0.25) is 0 Å². The highest BCUT2D eigenvalue weighted by atomic mass is 16.5. The van der Waals surface area contributed by atoms with E-state index < -0.39 is 0 Å². The Morgan fingerprint density at radius 1 is 1.00 bits per heavy atom. The molecular formula is C13H22O. The van der Waals surface area contributed by atoms with Gasteiger partial charge < -0.3 is 4.74 Å². The fourth-order valence-electron chi connectivity index (χ4n) is 2.30. The van der Waals surface area contributed by atoms with Gasteiger partial charge in [-0.05, 0) is 51.7 Å². The van der Waals surface area contributed by atoms with E-state index in [0.717, 1.165) is 13.0 Å². The van der Waals surface area contributed by atoms with Gasteiger partial charge in [0, 0.05) is 19.6 Å². The molecule has 0 radical (unpaired) electrons. The Morgan fingerprint density at radius 2 is 1.50 bits per heavy atom. The van der Waals surface area contributed by atoms with Gasteiger partial charge in [0.15, 0.2) is 0 Å². The zero-order valence-corrected chi connectivity index (χ0v) is 10.1. The van der Waals surface area contributed by atoms with Crippen LogP contribution >= 0.6 is 0 Å². The molecule has 0 aromatic carbocycles. The van der Waals surface area contributed by atoms with Crippen molar-refractivity contribution in [1.82, 2.24) is 0 Å². The molecule has 1 aliphatic rings. The second kappa shape index (κ2) is 4.79. The molecule has 0 fully saturated rings. The third-order valence-electron chi connectivity index (χ3n) is 3.63. The summed E-state index contributed by atoms with van der Waals surface area (Å²) in [7, 11) is 1.77. The van der Waals surface area contributed by atoms with E-state index in [0.29, 0.717) is 5.92 Å². The maximum Gasteiger partial charge on any atom is 0.0462 e. The van der Waals surface area contributed by atoms with Crippen molar-refractivity contribution in [2.75, 3.05) is 13.7 Å². The quantitative estimate of drug-likeness (QED) is 0.620. The van der Waals surface area contributed by atoms with Crippen LogP contribution in [0.15, 0.2) is 22.3 Å². The highest BCUT2D eigenvalue weighted by Crippen LogP contribution is 2.38.